The van der Waals surface area contributed by atoms with Crippen molar-refractivity contribution < 1.29 is 19.1 Å². The van der Waals surface area contributed by atoms with E-state index in [0.717, 1.165) is 49.0 Å². The second-order valence-corrected chi connectivity index (χ2v) is 12.9. The number of carbonyl (C=O) groups is 2. The smallest absolute Gasteiger partial charge is 0.407 e. The van der Waals surface area contributed by atoms with E-state index in [2.05, 4.69) is 50.4 Å². The third-order valence-electron chi connectivity index (χ3n) is 8.49. The molecule has 3 aromatic rings. The molecule has 0 spiro atoms. The zero-order valence-electron chi connectivity index (χ0n) is 24.1. The van der Waals surface area contributed by atoms with E-state index in [1.807, 2.05) is 37.8 Å². The number of rotatable bonds is 5. The number of alkyl carbamates (subject to hydrolysis) is 1. The van der Waals surface area contributed by atoms with Gasteiger partial charge < -0.3 is 34.5 Å². The minimum absolute atomic E-state index is 0.0263. The molecule has 7 rings (SSSR count). The number of hydrogen-bond acceptors (Lipinski definition) is 6. The van der Waals surface area contributed by atoms with Crippen molar-refractivity contribution in [2.24, 2.45) is 5.92 Å². The van der Waals surface area contributed by atoms with Gasteiger partial charge in [0.15, 0.2) is 0 Å². The lowest BCUT2D eigenvalue weighted by molar-refractivity contribution is 0.0452. The van der Waals surface area contributed by atoms with E-state index >= 15 is 0 Å². The van der Waals surface area contributed by atoms with Gasteiger partial charge in [0, 0.05) is 42.1 Å². The summed E-state index contributed by atoms with van der Waals surface area (Å²) in [5, 5.41) is 7.97. The van der Waals surface area contributed by atoms with Gasteiger partial charge in [-0.25, -0.2) is 4.79 Å². The molecule has 1 aromatic heterocycles. The van der Waals surface area contributed by atoms with Crippen molar-refractivity contribution in [2.45, 2.75) is 70.8 Å². The largest absolute Gasteiger partial charge is 0.489 e. The van der Waals surface area contributed by atoms with Gasteiger partial charge >= 0.3 is 6.09 Å². The average Bonchev–Trinajstić information content (AvgIpc) is 3.58. The standard InChI is InChI=1S/C32H39N5O4/c1-32(2,3)41-31(39)33-23-8-6-12-35(19-23)30(38)22-15-24-28-27(17-22)40-14-13-36(28)29(34-24)26-16-21-7-4-5-9-25(21)37(26)18-20-10-11-20/h4-5,7,9,15-17,20,23,29,34H,6,8,10-14,18-19H2,1-3H3,(H,33,39)/t23-,29?/m1/s1. The van der Waals surface area contributed by atoms with Crippen LogP contribution in [0.3, 0.4) is 0 Å². The number of nitrogens with zero attached hydrogens (tertiary/aromatic N) is 3. The fourth-order valence-electron chi connectivity index (χ4n) is 6.49. The van der Waals surface area contributed by atoms with Gasteiger partial charge in [0.1, 0.15) is 29.8 Å². The van der Waals surface area contributed by atoms with Crippen LogP contribution in [0.2, 0.25) is 0 Å². The first-order chi connectivity index (χ1) is 19.7. The zero-order chi connectivity index (χ0) is 28.3. The second-order valence-electron chi connectivity index (χ2n) is 12.9. The van der Waals surface area contributed by atoms with Crippen LogP contribution in [0.15, 0.2) is 42.5 Å². The van der Waals surface area contributed by atoms with Crippen LogP contribution < -0.4 is 20.3 Å². The number of fused-ring (bicyclic) bond motifs is 1. The molecule has 1 saturated carbocycles. The maximum Gasteiger partial charge on any atom is 0.407 e. The maximum absolute atomic E-state index is 13.8. The van der Waals surface area contributed by atoms with Crippen molar-refractivity contribution in [2.75, 3.05) is 36.5 Å². The third-order valence-corrected chi connectivity index (χ3v) is 8.49. The van der Waals surface area contributed by atoms with Gasteiger partial charge in [-0.15, -0.1) is 0 Å². The van der Waals surface area contributed by atoms with Crippen molar-refractivity contribution >= 4 is 34.3 Å². The molecule has 2 N–H and O–H groups in total. The van der Waals surface area contributed by atoms with Crippen LogP contribution in [0, 0.1) is 5.92 Å². The van der Waals surface area contributed by atoms with E-state index in [1.54, 1.807) is 0 Å². The highest BCUT2D eigenvalue weighted by Crippen LogP contribution is 2.50. The number of aromatic nitrogens is 1. The number of carbonyl (C=O) groups excluding carboxylic acids is 2. The molecule has 1 aliphatic carbocycles. The summed E-state index contributed by atoms with van der Waals surface area (Å²) < 4.78 is 14.0. The van der Waals surface area contributed by atoms with Crippen molar-refractivity contribution in [3.63, 3.8) is 0 Å². The lowest BCUT2D eigenvalue weighted by atomic mass is 10.0. The Balaban J connectivity index is 1.14. The van der Waals surface area contributed by atoms with E-state index in [4.69, 9.17) is 9.47 Å². The molecule has 9 nitrogen and oxygen atoms in total. The number of benzene rings is 2. The quantitative estimate of drug-likeness (QED) is 0.431. The Morgan fingerprint density at radius 2 is 1.93 bits per heavy atom. The van der Waals surface area contributed by atoms with Gasteiger partial charge in [-0.3, -0.25) is 4.79 Å². The van der Waals surface area contributed by atoms with Gasteiger partial charge in [-0.05, 0) is 76.6 Å². The first kappa shape index (κ1) is 26.0. The number of para-hydroxylation sites is 1. The summed E-state index contributed by atoms with van der Waals surface area (Å²) in [6.07, 6.45) is 3.75. The lowest BCUT2D eigenvalue weighted by Gasteiger charge is -2.34. The van der Waals surface area contributed by atoms with Crippen LogP contribution in [0.4, 0.5) is 16.2 Å². The Morgan fingerprint density at radius 3 is 2.73 bits per heavy atom. The van der Waals surface area contributed by atoms with Crippen LogP contribution in [-0.2, 0) is 11.3 Å². The van der Waals surface area contributed by atoms with Gasteiger partial charge in [0.2, 0.25) is 0 Å². The fourth-order valence-corrected chi connectivity index (χ4v) is 6.49. The SMILES string of the molecule is CC(C)(C)OC(=O)N[C@@H]1CCCN(C(=O)c2cc3c4c(c2)OCCN4C(c2cc4ccccc4n2CC2CC2)N3)C1. The molecule has 4 aliphatic rings. The Hall–Kier alpha value is -3.88. The van der Waals surface area contributed by atoms with Gasteiger partial charge in [-0.2, -0.15) is 0 Å². The van der Waals surface area contributed by atoms with Gasteiger partial charge in [0.05, 0.1) is 17.9 Å². The molecule has 9 heteroatoms. The summed E-state index contributed by atoms with van der Waals surface area (Å²) >= 11 is 0. The normalized spacial score (nSPS) is 21.7. The first-order valence-electron chi connectivity index (χ1n) is 14.9. The van der Waals surface area contributed by atoms with Crippen molar-refractivity contribution in [1.82, 2.24) is 14.8 Å². The Morgan fingerprint density at radius 1 is 1.10 bits per heavy atom. The molecule has 2 amide bonds. The number of amides is 2. The molecule has 41 heavy (non-hydrogen) atoms. The highest BCUT2D eigenvalue weighted by molar-refractivity contribution is 5.99. The molecule has 2 fully saturated rings. The summed E-state index contributed by atoms with van der Waals surface area (Å²) in [5.74, 6) is 1.45. The highest BCUT2D eigenvalue weighted by atomic mass is 16.6. The Labute approximate surface area is 240 Å². The van der Waals surface area contributed by atoms with Gasteiger partial charge in [0.25, 0.3) is 5.91 Å². The molecular formula is C32H39N5O4. The molecule has 2 aromatic carbocycles. The number of hydrogen-bond donors (Lipinski definition) is 2. The minimum Gasteiger partial charge on any atom is -0.489 e. The van der Waals surface area contributed by atoms with Crippen LogP contribution in [0.25, 0.3) is 10.9 Å². The predicted octanol–water partition coefficient (Wildman–Crippen LogP) is 5.50. The molecule has 2 atom stereocenters. The third kappa shape index (κ3) is 5.06. The monoisotopic (exact) mass is 557 g/mol. The maximum atomic E-state index is 13.8. The topological polar surface area (TPSA) is 88.1 Å². The van der Waals surface area contributed by atoms with E-state index in [0.29, 0.717) is 25.3 Å². The summed E-state index contributed by atoms with van der Waals surface area (Å²) in [7, 11) is 0. The molecular weight excluding hydrogens is 518 g/mol. The highest BCUT2D eigenvalue weighted by Gasteiger charge is 2.39. The molecule has 0 radical (unpaired) electrons. The summed E-state index contributed by atoms with van der Waals surface area (Å²) in [6.45, 7) is 9.02. The predicted molar refractivity (Wildman–Crippen MR) is 159 cm³/mol. The van der Waals surface area contributed by atoms with E-state index in [1.165, 1.54) is 29.4 Å². The number of nitrogens with one attached hydrogen (secondary N) is 2. The molecule has 1 saturated heterocycles. The van der Waals surface area contributed by atoms with Crippen molar-refractivity contribution in [3.05, 3.63) is 53.7 Å². The number of ether oxygens (including phenoxy) is 2. The lowest BCUT2D eigenvalue weighted by Crippen LogP contribution is -2.50. The Bertz CT molecular complexity index is 1500. The van der Waals surface area contributed by atoms with Crippen LogP contribution in [-0.4, -0.2) is 59.4 Å². The number of anilines is 2. The Kier molecular flexibility index (Phi) is 6.28. The van der Waals surface area contributed by atoms with Crippen molar-refractivity contribution in [1.29, 1.82) is 0 Å². The molecule has 0 bridgehead atoms. The van der Waals surface area contributed by atoms with Gasteiger partial charge in [-0.1, -0.05) is 18.2 Å². The van der Waals surface area contributed by atoms with Crippen molar-refractivity contribution in [3.8, 4) is 5.75 Å². The summed E-state index contributed by atoms with van der Waals surface area (Å²) in [4.78, 5) is 30.3. The number of piperidine rings is 1. The minimum atomic E-state index is -0.564. The van der Waals surface area contributed by atoms with E-state index in [9.17, 15) is 9.59 Å². The molecule has 3 aliphatic heterocycles. The molecule has 4 heterocycles. The number of likely N-dealkylation sites (tertiary alicyclic amines) is 1. The molecule has 1 unspecified atom stereocenters. The van der Waals surface area contributed by atoms with E-state index in [-0.39, 0.29) is 18.1 Å². The summed E-state index contributed by atoms with van der Waals surface area (Å²) in [5.41, 5.74) is 4.53. The first-order valence-corrected chi connectivity index (χ1v) is 14.9. The summed E-state index contributed by atoms with van der Waals surface area (Å²) in [6, 6.07) is 14.7. The average molecular weight is 558 g/mol. The van der Waals surface area contributed by atoms with E-state index < -0.39 is 11.7 Å². The second kappa shape index (κ2) is 9.89. The van der Waals surface area contributed by atoms with Crippen LogP contribution in [0.5, 0.6) is 5.75 Å². The fraction of sp³-hybridized carbons (Fsp3) is 0.500. The van der Waals surface area contributed by atoms with Crippen LogP contribution in [0.1, 0.15) is 68.7 Å². The van der Waals surface area contributed by atoms with Crippen LogP contribution >= 0.6 is 0 Å². The molecule has 216 valence electrons. The zero-order valence-corrected chi connectivity index (χ0v) is 24.1.